The number of rotatable bonds is 2. The van der Waals surface area contributed by atoms with Crippen LogP contribution in [-0.4, -0.2) is 49.5 Å². The molecule has 0 aromatic carbocycles. The Bertz CT molecular complexity index is 98.4. The van der Waals surface area contributed by atoms with E-state index >= 15 is 0 Å². The molecule has 1 fully saturated rings. The van der Waals surface area contributed by atoms with Gasteiger partial charge in [-0.25, -0.2) is 0 Å². The zero-order chi connectivity index (χ0) is 6.91. The maximum atomic E-state index is 8.89. The van der Waals surface area contributed by atoms with Crippen LogP contribution in [0.25, 0.3) is 0 Å². The molecule has 0 aliphatic carbocycles. The highest BCUT2D eigenvalue weighted by atomic mass is 35.5. The number of hydrogen-bond acceptors (Lipinski definition) is 3. The van der Waals surface area contributed by atoms with Gasteiger partial charge in [0.25, 0.3) is 0 Å². The highest BCUT2D eigenvalue weighted by molar-refractivity contribution is 5.85. The molecule has 0 aromatic heterocycles. The highest BCUT2D eigenvalue weighted by Crippen LogP contribution is 2.20. The van der Waals surface area contributed by atoms with E-state index in [4.69, 9.17) is 9.84 Å². The van der Waals surface area contributed by atoms with Crippen molar-refractivity contribution in [3.05, 3.63) is 0 Å². The van der Waals surface area contributed by atoms with Crippen molar-refractivity contribution in [2.75, 3.05) is 33.9 Å². The predicted octanol–water partition coefficient (Wildman–Crippen LogP) is -0.269. The summed E-state index contributed by atoms with van der Waals surface area (Å²) < 4.78 is 4.99. The van der Waals surface area contributed by atoms with E-state index in [1.54, 1.807) is 0 Å². The van der Waals surface area contributed by atoms with Crippen LogP contribution in [0.15, 0.2) is 0 Å². The molecule has 0 aromatic rings. The molecule has 0 atom stereocenters. The fourth-order valence-electron chi connectivity index (χ4n) is 0.829. The van der Waals surface area contributed by atoms with Crippen molar-refractivity contribution in [1.29, 1.82) is 0 Å². The number of halogens is 1. The van der Waals surface area contributed by atoms with Crippen molar-refractivity contribution < 1.29 is 9.84 Å². The first-order valence-electron chi connectivity index (χ1n) is 3.07. The largest absolute Gasteiger partial charge is 0.394 e. The molecule has 1 N–H and O–H groups in total. The van der Waals surface area contributed by atoms with Gasteiger partial charge in [0, 0.05) is 0 Å². The summed E-state index contributed by atoms with van der Waals surface area (Å²) in [6.45, 7) is 1.52. The molecule has 62 valence electrons. The van der Waals surface area contributed by atoms with Gasteiger partial charge in [-0.1, -0.05) is 0 Å². The average molecular weight is 168 g/mol. The summed E-state index contributed by atoms with van der Waals surface area (Å²) in [5.74, 6) is 0. The molecular weight excluding hydrogens is 154 g/mol. The van der Waals surface area contributed by atoms with E-state index in [0.29, 0.717) is 13.2 Å². The van der Waals surface area contributed by atoms with Crippen LogP contribution in [0, 0.1) is 0 Å². The van der Waals surface area contributed by atoms with Crippen molar-refractivity contribution in [3.63, 3.8) is 0 Å². The highest BCUT2D eigenvalue weighted by Gasteiger charge is 2.39. The van der Waals surface area contributed by atoms with E-state index in [1.807, 2.05) is 19.0 Å². The molecular formula is C6H14ClNO2. The van der Waals surface area contributed by atoms with Gasteiger partial charge in [-0.15, -0.1) is 12.4 Å². The van der Waals surface area contributed by atoms with E-state index in [-0.39, 0.29) is 24.6 Å². The zero-order valence-electron chi connectivity index (χ0n) is 6.33. The molecule has 1 saturated heterocycles. The van der Waals surface area contributed by atoms with Gasteiger partial charge in [0.05, 0.1) is 25.4 Å². The summed E-state index contributed by atoms with van der Waals surface area (Å²) in [6.07, 6.45) is 0. The number of aliphatic hydroxyl groups is 1. The van der Waals surface area contributed by atoms with E-state index in [1.165, 1.54) is 0 Å². The molecule has 4 heteroatoms. The van der Waals surface area contributed by atoms with Crippen LogP contribution in [0.2, 0.25) is 0 Å². The summed E-state index contributed by atoms with van der Waals surface area (Å²) in [5.41, 5.74) is -0.0694. The van der Waals surface area contributed by atoms with Crippen molar-refractivity contribution in [2.45, 2.75) is 5.54 Å². The number of nitrogens with zero attached hydrogens (tertiary/aromatic N) is 1. The number of likely N-dealkylation sites (N-methyl/N-ethyl adjacent to an activating group) is 1. The Morgan fingerprint density at radius 1 is 1.50 bits per heavy atom. The van der Waals surface area contributed by atoms with E-state index in [2.05, 4.69) is 0 Å². The topological polar surface area (TPSA) is 32.7 Å². The van der Waals surface area contributed by atoms with Crippen molar-refractivity contribution >= 4 is 12.4 Å². The Labute approximate surface area is 67.4 Å². The molecule has 0 bridgehead atoms. The minimum atomic E-state index is -0.0694. The minimum Gasteiger partial charge on any atom is -0.394 e. The summed E-state index contributed by atoms with van der Waals surface area (Å²) in [4.78, 5) is 2.01. The van der Waals surface area contributed by atoms with Gasteiger partial charge in [0.1, 0.15) is 0 Å². The Balaban J connectivity index is 0.000000810. The van der Waals surface area contributed by atoms with Crippen LogP contribution in [0.5, 0.6) is 0 Å². The third-order valence-corrected chi connectivity index (χ3v) is 1.98. The van der Waals surface area contributed by atoms with Gasteiger partial charge in [-0.2, -0.15) is 0 Å². The smallest absolute Gasteiger partial charge is 0.0907 e. The Morgan fingerprint density at radius 3 is 2.00 bits per heavy atom. The summed E-state index contributed by atoms with van der Waals surface area (Å²) in [5, 5.41) is 8.89. The third kappa shape index (κ3) is 1.42. The zero-order valence-corrected chi connectivity index (χ0v) is 7.15. The SMILES string of the molecule is CN(C)C1(CO)COC1.Cl. The molecule has 10 heavy (non-hydrogen) atoms. The van der Waals surface area contributed by atoms with Gasteiger partial charge in [0.15, 0.2) is 0 Å². The molecule has 1 rings (SSSR count). The van der Waals surface area contributed by atoms with Gasteiger partial charge < -0.3 is 9.84 Å². The lowest BCUT2D eigenvalue weighted by molar-refractivity contribution is -0.145. The van der Waals surface area contributed by atoms with E-state index < -0.39 is 0 Å². The third-order valence-electron chi connectivity index (χ3n) is 1.98. The first-order chi connectivity index (χ1) is 4.21. The van der Waals surface area contributed by atoms with Crippen LogP contribution >= 0.6 is 12.4 Å². The fourth-order valence-corrected chi connectivity index (χ4v) is 0.829. The molecule has 3 nitrogen and oxygen atoms in total. The van der Waals surface area contributed by atoms with Crippen molar-refractivity contribution in [3.8, 4) is 0 Å². The number of hydrogen-bond donors (Lipinski definition) is 1. The first-order valence-corrected chi connectivity index (χ1v) is 3.07. The molecule has 1 aliphatic rings. The van der Waals surface area contributed by atoms with E-state index in [0.717, 1.165) is 0 Å². The standard InChI is InChI=1S/C6H13NO2.ClH/c1-7(2)6(3-8)4-9-5-6;/h8H,3-5H2,1-2H3;1H. The average Bonchev–Trinajstić information content (AvgIpc) is 1.62. The van der Waals surface area contributed by atoms with Crippen LogP contribution < -0.4 is 0 Å². The number of aliphatic hydroxyl groups excluding tert-OH is 1. The monoisotopic (exact) mass is 167 g/mol. The second kappa shape index (κ2) is 3.53. The second-order valence-electron chi connectivity index (χ2n) is 2.77. The second-order valence-corrected chi connectivity index (χ2v) is 2.77. The van der Waals surface area contributed by atoms with Crippen molar-refractivity contribution in [1.82, 2.24) is 4.90 Å². The maximum absolute atomic E-state index is 8.89. The van der Waals surface area contributed by atoms with Gasteiger partial charge in [-0.05, 0) is 14.1 Å². The quantitative estimate of drug-likeness (QED) is 0.615. The summed E-state index contributed by atoms with van der Waals surface area (Å²) >= 11 is 0. The van der Waals surface area contributed by atoms with Crippen molar-refractivity contribution in [2.24, 2.45) is 0 Å². The molecule has 1 aliphatic heterocycles. The Morgan fingerprint density at radius 2 is 2.00 bits per heavy atom. The maximum Gasteiger partial charge on any atom is 0.0907 e. The van der Waals surface area contributed by atoms with Gasteiger partial charge in [0.2, 0.25) is 0 Å². The molecule has 0 unspecified atom stereocenters. The molecule has 0 saturated carbocycles. The molecule has 0 spiro atoms. The van der Waals surface area contributed by atoms with Crippen LogP contribution in [0.3, 0.4) is 0 Å². The Hall–Kier alpha value is 0.170. The lowest BCUT2D eigenvalue weighted by Crippen LogP contribution is -2.62. The summed E-state index contributed by atoms with van der Waals surface area (Å²) in [6, 6.07) is 0. The predicted molar refractivity (Wildman–Crippen MR) is 41.6 cm³/mol. The van der Waals surface area contributed by atoms with Gasteiger partial charge >= 0.3 is 0 Å². The fraction of sp³-hybridized carbons (Fsp3) is 1.00. The lowest BCUT2D eigenvalue weighted by Gasteiger charge is -2.45. The molecule has 0 radical (unpaired) electrons. The normalized spacial score (nSPS) is 21.6. The number of ether oxygens (including phenoxy) is 1. The summed E-state index contributed by atoms with van der Waals surface area (Å²) in [7, 11) is 3.91. The van der Waals surface area contributed by atoms with Crippen LogP contribution in [0.1, 0.15) is 0 Å². The first kappa shape index (κ1) is 10.2. The van der Waals surface area contributed by atoms with Crippen LogP contribution in [0.4, 0.5) is 0 Å². The molecule has 0 amide bonds. The lowest BCUT2D eigenvalue weighted by atomic mass is 9.98. The van der Waals surface area contributed by atoms with Gasteiger partial charge in [-0.3, -0.25) is 4.90 Å². The van der Waals surface area contributed by atoms with Crippen LogP contribution in [-0.2, 0) is 4.74 Å². The molecule has 1 heterocycles. The Kier molecular flexibility index (Phi) is 3.59. The van der Waals surface area contributed by atoms with E-state index in [9.17, 15) is 0 Å². The minimum absolute atomic E-state index is 0.